The predicted octanol–water partition coefficient (Wildman–Crippen LogP) is 5.71. The van der Waals surface area contributed by atoms with E-state index in [-0.39, 0.29) is 6.61 Å². The molecule has 0 aliphatic rings. The molecule has 4 heteroatoms. The standard InChI is InChI=1S/C17H18Cl2O2/c1-10(2)14-8-17(11(3)6-16(14)19)21-13-5-4-12(9-20)15(18)7-13/h4-8,10,20H,9H2,1-3H3. The maximum Gasteiger partial charge on any atom is 0.130 e. The molecule has 2 aromatic carbocycles. The summed E-state index contributed by atoms with van der Waals surface area (Å²) in [6.45, 7) is 6.05. The number of hydrogen-bond acceptors (Lipinski definition) is 2. The van der Waals surface area contributed by atoms with Gasteiger partial charge in [-0.05, 0) is 53.8 Å². The topological polar surface area (TPSA) is 29.5 Å². The minimum atomic E-state index is -0.0867. The molecule has 0 spiro atoms. The third kappa shape index (κ3) is 3.70. The molecule has 0 bridgehead atoms. The van der Waals surface area contributed by atoms with E-state index in [4.69, 9.17) is 33.0 Å². The molecule has 1 N–H and O–H groups in total. The summed E-state index contributed by atoms with van der Waals surface area (Å²) in [5, 5.41) is 10.4. The van der Waals surface area contributed by atoms with Gasteiger partial charge in [0.25, 0.3) is 0 Å². The second-order valence-corrected chi connectivity index (χ2v) is 6.12. The van der Waals surface area contributed by atoms with Crippen molar-refractivity contribution in [3.8, 4) is 11.5 Å². The van der Waals surface area contributed by atoms with Crippen LogP contribution in [-0.4, -0.2) is 5.11 Å². The summed E-state index contributed by atoms with van der Waals surface area (Å²) in [5.41, 5.74) is 2.70. The number of halogens is 2. The summed E-state index contributed by atoms with van der Waals surface area (Å²) in [6, 6.07) is 9.13. The molecule has 0 fully saturated rings. The van der Waals surface area contributed by atoms with Crippen LogP contribution in [0, 0.1) is 6.92 Å². The Morgan fingerprint density at radius 3 is 2.38 bits per heavy atom. The van der Waals surface area contributed by atoms with Gasteiger partial charge in [0.1, 0.15) is 11.5 Å². The fraction of sp³-hybridized carbons (Fsp3) is 0.294. The van der Waals surface area contributed by atoms with Crippen molar-refractivity contribution in [1.29, 1.82) is 0 Å². The average Bonchev–Trinajstić information content (AvgIpc) is 2.41. The average molecular weight is 325 g/mol. The van der Waals surface area contributed by atoms with Crippen LogP contribution in [0.5, 0.6) is 11.5 Å². The van der Waals surface area contributed by atoms with Gasteiger partial charge in [-0.1, -0.05) is 43.1 Å². The molecule has 0 aromatic heterocycles. The molecule has 21 heavy (non-hydrogen) atoms. The van der Waals surface area contributed by atoms with Crippen molar-refractivity contribution in [2.24, 2.45) is 0 Å². The zero-order chi connectivity index (χ0) is 15.6. The SMILES string of the molecule is Cc1cc(Cl)c(C(C)C)cc1Oc1ccc(CO)c(Cl)c1. The van der Waals surface area contributed by atoms with Crippen LogP contribution >= 0.6 is 23.2 Å². The molecule has 2 aromatic rings. The minimum Gasteiger partial charge on any atom is -0.457 e. The van der Waals surface area contributed by atoms with Crippen LogP contribution in [0.4, 0.5) is 0 Å². The second-order valence-electron chi connectivity index (χ2n) is 5.31. The molecular weight excluding hydrogens is 307 g/mol. The Kier molecular flexibility index (Phi) is 5.15. The van der Waals surface area contributed by atoms with Crippen LogP contribution in [-0.2, 0) is 6.61 Å². The zero-order valence-electron chi connectivity index (χ0n) is 12.3. The molecule has 0 saturated carbocycles. The first kappa shape index (κ1) is 16.2. The number of aliphatic hydroxyl groups is 1. The molecule has 2 rings (SSSR count). The number of ether oxygens (including phenoxy) is 1. The normalized spacial score (nSPS) is 11.0. The molecule has 0 atom stereocenters. The van der Waals surface area contributed by atoms with E-state index >= 15 is 0 Å². The Bertz CT molecular complexity index is 651. The van der Waals surface area contributed by atoms with E-state index < -0.39 is 0 Å². The quantitative estimate of drug-likeness (QED) is 0.780. The maximum atomic E-state index is 9.13. The number of aliphatic hydroxyl groups excluding tert-OH is 1. The molecule has 0 saturated heterocycles. The van der Waals surface area contributed by atoms with Gasteiger partial charge in [0, 0.05) is 10.0 Å². The van der Waals surface area contributed by atoms with Crippen molar-refractivity contribution < 1.29 is 9.84 Å². The van der Waals surface area contributed by atoms with Gasteiger partial charge >= 0.3 is 0 Å². The highest BCUT2D eigenvalue weighted by atomic mass is 35.5. The lowest BCUT2D eigenvalue weighted by Gasteiger charge is -2.15. The summed E-state index contributed by atoms with van der Waals surface area (Å²) >= 11 is 12.3. The molecule has 0 heterocycles. The van der Waals surface area contributed by atoms with E-state index in [0.717, 1.165) is 21.9 Å². The van der Waals surface area contributed by atoms with E-state index in [1.54, 1.807) is 18.2 Å². The van der Waals surface area contributed by atoms with E-state index in [1.807, 2.05) is 19.1 Å². The first-order valence-electron chi connectivity index (χ1n) is 6.79. The van der Waals surface area contributed by atoms with Crippen molar-refractivity contribution in [1.82, 2.24) is 0 Å². The lowest BCUT2D eigenvalue weighted by molar-refractivity contribution is 0.282. The second kappa shape index (κ2) is 6.69. The number of benzene rings is 2. The van der Waals surface area contributed by atoms with Gasteiger partial charge in [-0.25, -0.2) is 0 Å². The van der Waals surface area contributed by atoms with Crippen LogP contribution in [0.15, 0.2) is 30.3 Å². The Balaban J connectivity index is 2.35. The van der Waals surface area contributed by atoms with Gasteiger partial charge in [-0.15, -0.1) is 0 Å². The molecule has 2 nitrogen and oxygen atoms in total. The fourth-order valence-corrected chi connectivity index (χ4v) is 2.73. The van der Waals surface area contributed by atoms with Crippen LogP contribution in [0.1, 0.15) is 36.5 Å². The van der Waals surface area contributed by atoms with Gasteiger partial charge in [0.15, 0.2) is 0 Å². The predicted molar refractivity (Wildman–Crippen MR) is 87.7 cm³/mol. The Labute approximate surface area is 135 Å². The van der Waals surface area contributed by atoms with Crippen LogP contribution in [0.3, 0.4) is 0 Å². The number of hydrogen-bond donors (Lipinski definition) is 1. The van der Waals surface area contributed by atoms with Crippen molar-refractivity contribution in [3.05, 3.63) is 57.1 Å². The summed E-state index contributed by atoms with van der Waals surface area (Å²) in [6.07, 6.45) is 0. The van der Waals surface area contributed by atoms with Crippen molar-refractivity contribution in [2.45, 2.75) is 33.3 Å². The van der Waals surface area contributed by atoms with E-state index in [0.29, 0.717) is 22.3 Å². The Hall–Kier alpha value is -1.22. The van der Waals surface area contributed by atoms with Gasteiger partial charge in [0.2, 0.25) is 0 Å². The highest BCUT2D eigenvalue weighted by Gasteiger charge is 2.11. The summed E-state index contributed by atoms with van der Waals surface area (Å²) in [7, 11) is 0. The summed E-state index contributed by atoms with van der Waals surface area (Å²) < 4.78 is 5.91. The minimum absolute atomic E-state index is 0.0867. The lowest BCUT2D eigenvalue weighted by Crippen LogP contribution is -1.95. The Morgan fingerprint density at radius 1 is 1.10 bits per heavy atom. The van der Waals surface area contributed by atoms with Gasteiger partial charge < -0.3 is 9.84 Å². The highest BCUT2D eigenvalue weighted by Crippen LogP contribution is 2.34. The molecule has 0 aliphatic heterocycles. The van der Waals surface area contributed by atoms with Crippen LogP contribution in [0.25, 0.3) is 0 Å². The largest absolute Gasteiger partial charge is 0.457 e. The van der Waals surface area contributed by atoms with Crippen LogP contribution in [0.2, 0.25) is 10.0 Å². The highest BCUT2D eigenvalue weighted by molar-refractivity contribution is 6.31. The van der Waals surface area contributed by atoms with E-state index in [9.17, 15) is 0 Å². The summed E-state index contributed by atoms with van der Waals surface area (Å²) in [5.74, 6) is 1.72. The zero-order valence-corrected chi connectivity index (χ0v) is 13.8. The van der Waals surface area contributed by atoms with Crippen molar-refractivity contribution in [2.75, 3.05) is 0 Å². The Morgan fingerprint density at radius 2 is 1.81 bits per heavy atom. The third-order valence-electron chi connectivity index (χ3n) is 3.34. The van der Waals surface area contributed by atoms with Gasteiger partial charge in [-0.3, -0.25) is 0 Å². The first-order valence-corrected chi connectivity index (χ1v) is 7.55. The fourth-order valence-electron chi connectivity index (χ4n) is 2.07. The first-order chi connectivity index (χ1) is 9.92. The van der Waals surface area contributed by atoms with Crippen molar-refractivity contribution in [3.63, 3.8) is 0 Å². The van der Waals surface area contributed by atoms with Crippen LogP contribution < -0.4 is 4.74 Å². The monoisotopic (exact) mass is 324 g/mol. The summed E-state index contributed by atoms with van der Waals surface area (Å²) in [4.78, 5) is 0. The molecule has 0 unspecified atom stereocenters. The van der Waals surface area contributed by atoms with E-state index in [2.05, 4.69) is 13.8 Å². The van der Waals surface area contributed by atoms with E-state index in [1.165, 1.54) is 0 Å². The smallest absolute Gasteiger partial charge is 0.130 e. The maximum absolute atomic E-state index is 9.13. The van der Waals surface area contributed by atoms with Gasteiger partial charge in [-0.2, -0.15) is 0 Å². The number of aryl methyl sites for hydroxylation is 1. The molecule has 112 valence electrons. The molecule has 0 amide bonds. The molecule has 0 radical (unpaired) electrons. The third-order valence-corrected chi connectivity index (χ3v) is 4.02. The molecule has 0 aliphatic carbocycles. The number of rotatable bonds is 4. The molecular formula is C17H18Cl2O2. The van der Waals surface area contributed by atoms with Gasteiger partial charge in [0.05, 0.1) is 6.61 Å². The lowest BCUT2D eigenvalue weighted by atomic mass is 10.0. The van der Waals surface area contributed by atoms with Crippen molar-refractivity contribution >= 4 is 23.2 Å².